The van der Waals surface area contributed by atoms with Gasteiger partial charge in [-0.3, -0.25) is 9.59 Å². The van der Waals surface area contributed by atoms with Gasteiger partial charge in [0.1, 0.15) is 11.3 Å². The van der Waals surface area contributed by atoms with Crippen molar-refractivity contribution in [2.24, 2.45) is 0 Å². The third-order valence-electron chi connectivity index (χ3n) is 3.25. The summed E-state index contributed by atoms with van der Waals surface area (Å²) in [5.41, 5.74) is 1.08. The van der Waals surface area contributed by atoms with Gasteiger partial charge in [-0.1, -0.05) is 12.1 Å². The van der Waals surface area contributed by atoms with E-state index in [9.17, 15) is 19.5 Å². The zero-order valence-corrected chi connectivity index (χ0v) is 13.8. The fourth-order valence-electron chi connectivity index (χ4n) is 2.01. The lowest BCUT2D eigenvalue weighted by Gasteiger charge is -2.14. The molecule has 0 aromatic heterocycles. The highest BCUT2D eigenvalue weighted by Crippen LogP contribution is 2.18. The topological polar surface area (TPSA) is 105 Å². The second-order valence-electron chi connectivity index (χ2n) is 5.31. The Bertz CT molecular complexity index is 786. The number of carbonyl (C=O) groups is 3. The molecule has 2 aromatic carbocycles. The Kier molecular flexibility index (Phi) is 5.73. The van der Waals surface area contributed by atoms with E-state index >= 15 is 0 Å². The van der Waals surface area contributed by atoms with Crippen molar-refractivity contribution in [2.75, 3.05) is 10.6 Å². The molecule has 7 heteroatoms. The van der Waals surface area contributed by atoms with Crippen LogP contribution in [-0.2, 0) is 14.3 Å². The lowest BCUT2D eigenvalue weighted by Crippen LogP contribution is -2.30. The average Bonchev–Trinajstić information content (AvgIpc) is 2.56. The predicted octanol–water partition coefficient (Wildman–Crippen LogP) is 2.53. The van der Waals surface area contributed by atoms with E-state index in [1.54, 1.807) is 36.4 Å². The van der Waals surface area contributed by atoms with E-state index in [1.165, 1.54) is 26.0 Å². The van der Waals surface area contributed by atoms with Crippen molar-refractivity contribution in [3.8, 4) is 5.75 Å². The Labute approximate surface area is 144 Å². The summed E-state index contributed by atoms with van der Waals surface area (Å²) in [6.45, 7) is 2.83. The third kappa shape index (κ3) is 5.07. The van der Waals surface area contributed by atoms with Crippen molar-refractivity contribution in [3.05, 3.63) is 54.1 Å². The summed E-state index contributed by atoms with van der Waals surface area (Å²) in [5.74, 6) is -1.71. The number of phenols is 1. The van der Waals surface area contributed by atoms with E-state index in [1.807, 2.05) is 0 Å². The summed E-state index contributed by atoms with van der Waals surface area (Å²) in [4.78, 5) is 35.0. The van der Waals surface area contributed by atoms with Crippen LogP contribution >= 0.6 is 0 Å². The van der Waals surface area contributed by atoms with E-state index < -0.39 is 18.0 Å². The molecule has 0 aliphatic heterocycles. The minimum Gasteiger partial charge on any atom is -0.507 e. The fourth-order valence-corrected chi connectivity index (χ4v) is 2.01. The molecule has 2 aromatic rings. The number of phenolic OH excluding ortho intramolecular Hbond substituents is 1. The molecule has 0 unspecified atom stereocenters. The number of hydrogen-bond donors (Lipinski definition) is 3. The van der Waals surface area contributed by atoms with Gasteiger partial charge in [-0.15, -0.1) is 0 Å². The summed E-state index contributed by atoms with van der Waals surface area (Å²) in [6.07, 6.45) is -1.05. The highest BCUT2D eigenvalue weighted by atomic mass is 16.5. The molecule has 0 saturated heterocycles. The Morgan fingerprint density at radius 3 is 2.08 bits per heavy atom. The first kappa shape index (κ1) is 18.0. The van der Waals surface area contributed by atoms with Crippen molar-refractivity contribution < 1.29 is 24.2 Å². The van der Waals surface area contributed by atoms with E-state index in [0.717, 1.165) is 0 Å². The smallest absolute Gasteiger partial charge is 0.342 e. The van der Waals surface area contributed by atoms with Gasteiger partial charge in [-0.2, -0.15) is 0 Å². The summed E-state index contributed by atoms with van der Waals surface area (Å²) in [5, 5.41) is 14.8. The van der Waals surface area contributed by atoms with Gasteiger partial charge in [0.05, 0.1) is 0 Å². The zero-order valence-electron chi connectivity index (χ0n) is 13.8. The Hall–Kier alpha value is -3.35. The molecule has 1 atom stereocenters. The van der Waals surface area contributed by atoms with Crippen LogP contribution in [0.3, 0.4) is 0 Å². The number of aromatic hydroxyl groups is 1. The van der Waals surface area contributed by atoms with Crippen molar-refractivity contribution in [2.45, 2.75) is 20.0 Å². The number of carbonyl (C=O) groups excluding carboxylic acids is 3. The monoisotopic (exact) mass is 342 g/mol. The maximum atomic E-state index is 12.1. The first-order valence-electron chi connectivity index (χ1n) is 7.54. The molecule has 0 aliphatic carbocycles. The molecule has 25 heavy (non-hydrogen) atoms. The Morgan fingerprint density at radius 2 is 1.52 bits per heavy atom. The van der Waals surface area contributed by atoms with Gasteiger partial charge in [0.25, 0.3) is 5.91 Å². The van der Waals surface area contributed by atoms with E-state index in [2.05, 4.69) is 10.6 Å². The molecule has 0 heterocycles. The van der Waals surface area contributed by atoms with Crippen LogP contribution in [0, 0.1) is 0 Å². The van der Waals surface area contributed by atoms with Gasteiger partial charge >= 0.3 is 5.97 Å². The van der Waals surface area contributed by atoms with Crippen LogP contribution in [0.1, 0.15) is 24.2 Å². The molecule has 0 spiro atoms. The molecule has 0 aliphatic rings. The molecule has 0 radical (unpaired) electrons. The number of amides is 2. The molecule has 2 amide bonds. The number of nitrogens with one attached hydrogen (secondary N) is 2. The lowest BCUT2D eigenvalue weighted by molar-refractivity contribution is -0.123. The number of ether oxygens (including phenoxy) is 1. The Morgan fingerprint density at radius 1 is 0.960 bits per heavy atom. The van der Waals surface area contributed by atoms with Gasteiger partial charge in [-0.05, 0) is 43.3 Å². The minimum absolute atomic E-state index is 0.0122. The summed E-state index contributed by atoms with van der Waals surface area (Å²) in [6, 6.07) is 12.4. The maximum absolute atomic E-state index is 12.1. The second kappa shape index (κ2) is 7.96. The summed E-state index contributed by atoms with van der Waals surface area (Å²) < 4.78 is 5.06. The number of esters is 1. The fraction of sp³-hybridized carbons (Fsp3) is 0.167. The second-order valence-corrected chi connectivity index (χ2v) is 5.31. The quantitative estimate of drug-likeness (QED) is 0.724. The summed E-state index contributed by atoms with van der Waals surface area (Å²) >= 11 is 0. The van der Waals surface area contributed by atoms with Crippen LogP contribution in [0.4, 0.5) is 11.4 Å². The third-order valence-corrected chi connectivity index (χ3v) is 3.25. The van der Waals surface area contributed by atoms with E-state index in [4.69, 9.17) is 4.74 Å². The molecule has 0 saturated carbocycles. The molecule has 0 bridgehead atoms. The molecular formula is C18H18N2O5. The van der Waals surface area contributed by atoms with Crippen molar-refractivity contribution >= 4 is 29.2 Å². The van der Waals surface area contributed by atoms with Gasteiger partial charge < -0.3 is 20.5 Å². The zero-order chi connectivity index (χ0) is 18.4. The van der Waals surface area contributed by atoms with Crippen LogP contribution in [-0.4, -0.2) is 29.0 Å². The van der Waals surface area contributed by atoms with Crippen LogP contribution in [0.25, 0.3) is 0 Å². The summed E-state index contributed by atoms with van der Waals surface area (Å²) in [7, 11) is 0. The minimum atomic E-state index is -1.05. The van der Waals surface area contributed by atoms with Crippen molar-refractivity contribution in [3.63, 3.8) is 0 Å². The lowest BCUT2D eigenvalue weighted by atomic mass is 10.2. The van der Waals surface area contributed by atoms with Crippen LogP contribution in [0.15, 0.2) is 48.5 Å². The average molecular weight is 342 g/mol. The molecule has 130 valence electrons. The molecule has 0 fully saturated rings. The van der Waals surface area contributed by atoms with E-state index in [0.29, 0.717) is 11.4 Å². The number of rotatable bonds is 5. The number of hydrogen-bond acceptors (Lipinski definition) is 5. The van der Waals surface area contributed by atoms with Gasteiger partial charge in [0, 0.05) is 18.3 Å². The standard InChI is InChI=1S/C18H18N2O5/c1-11(25-18(24)15-5-3-4-6-16(15)22)17(23)20-14-9-7-13(8-10-14)19-12(2)21/h3-11,22H,1-2H3,(H,19,21)(H,20,23)/t11-/m0/s1. The van der Waals surface area contributed by atoms with Gasteiger partial charge in [0.15, 0.2) is 6.10 Å². The van der Waals surface area contributed by atoms with Crippen LogP contribution in [0.2, 0.25) is 0 Å². The van der Waals surface area contributed by atoms with Crippen LogP contribution < -0.4 is 10.6 Å². The number of benzene rings is 2. The first-order chi connectivity index (χ1) is 11.9. The number of anilines is 2. The SMILES string of the molecule is CC(=O)Nc1ccc(NC(=O)[C@H](C)OC(=O)c2ccccc2O)cc1. The largest absolute Gasteiger partial charge is 0.507 e. The maximum Gasteiger partial charge on any atom is 0.342 e. The molecule has 2 rings (SSSR count). The molecule has 7 nitrogen and oxygen atoms in total. The van der Waals surface area contributed by atoms with E-state index in [-0.39, 0.29) is 17.2 Å². The Balaban J connectivity index is 1.95. The van der Waals surface area contributed by atoms with Crippen molar-refractivity contribution in [1.82, 2.24) is 0 Å². The molecule has 3 N–H and O–H groups in total. The number of para-hydroxylation sites is 1. The predicted molar refractivity (Wildman–Crippen MR) is 92.4 cm³/mol. The highest BCUT2D eigenvalue weighted by Gasteiger charge is 2.20. The van der Waals surface area contributed by atoms with Gasteiger partial charge in [-0.25, -0.2) is 4.79 Å². The first-order valence-corrected chi connectivity index (χ1v) is 7.54. The highest BCUT2D eigenvalue weighted by molar-refractivity contribution is 5.98. The normalized spacial score (nSPS) is 11.3. The van der Waals surface area contributed by atoms with Crippen LogP contribution in [0.5, 0.6) is 5.75 Å². The van der Waals surface area contributed by atoms with Gasteiger partial charge in [0.2, 0.25) is 5.91 Å². The van der Waals surface area contributed by atoms with Crippen molar-refractivity contribution in [1.29, 1.82) is 0 Å². The molecular weight excluding hydrogens is 324 g/mol.